The van der Waals surface area contributed by atoms with Crippen molar-refractivity contribution >= 4 is 5.95 Å². The highest BCUT2D eigenvalue weighted by Gasteiger charge is 2.22. The second-order valence-corrected chi connectivity index (χ2v) is 6.68. The summed E-state index contributed by atoms with van der Waals surface area (Å²) >= 11 is 0. The van der Waals surface area contributed by atoms with E-state index in [-0.39, 0.29) is 0 Å². The van der Waals surface area contributed by atoms with Gasteiger partial charge in [-0.3, -0.25) is 0 Å². The Hall–Kier alpha value is -1.16. The Kier molecular flexibility index (Phi) is 4.97. The standard InChI is InChI=1S/C16H28N4/c1-11-6-12(2)9-20(8-11)10-15(5)19-16-17-13(3)7-14(4)18-16/h7,11-12,15H,6,8-10H2,1-5H3,(H,17,18,19). The molecular formula is C16H28N4. The van der Waals surface area contributed by atoms with Crippen molar-refractivity contribution in [3.8, 4) is 0 Å². The lowest BCUT2D eigenvalue weighted by Gasteiger charge is -2.36. The van der Waals surface area contributed by atoms with Gasteiger partial charge in [-0.2, -0.15) is 0 Å². The van der Waals surface area contributed by atoms with Gasteiger partial charge >= 0.3 is 0 Å². The van der Waals surface area contributed by atoms with Crippen molar-refractivity contribution in [2.75, 3.05) is 25.0 Å². The minimum absolute atomic E-state index is 0.369. The van der Waals surface area contributed by atoms with Gasteiger partial charge in [0.25, 0.3) is 0 Å². The lowest BCUT2D eigenvalue weighted by atomic mass is 9.92. The van der Waals surface area contributed by atoms with Crippen LogP contribution in [0.2, 0.25) is 0 Å². The molecule has 0 aliphatic carbocycles. The summed E-state index contributed by atoms with van der Waals surface area (Å²) in [6.07, 6.45) is 1.36. The third kappa shape index (κ3) is 4.44. The third-order valence-corrected chi connectivity index (χ3v) is 3.83. The highest BCUT2D eigenvalue weighted by Crippen LogP contribution is 2.21. The molecule has 1 aliphatic heterocycles. The smallest absolute Gasteiger partial charge is 0.223 e. The minimum Gasteiger partial charge on any atom is -0.350 e. The fraction of sp³-hybridized carbons (Fsp3) is 0.750. The van der Waals surface area contributed by atoms with Crippen molar-refractivity contribution in [1.82, 2.24) is 14.9 Å². The van der Waals surface area contributed by atoms with E-state index < -0.39 is 0 Å². The number of hydrogen-bond donors (Lipinski definition) is 1. The lowest BCUT2D eigenvalue weighted by Crippen LogP contribution is -2.43. The third-order valence-electron chi connectivity index (χ3n) is 3.83. The van der Waals surface area contributed by atoms with Gasteiger partial charge in [0.05, 0.1) is 0 Å². The summed E-state index contributed by atoms with van der Waals surface area (Å²) in [7, 11) is 0. The second-order valence-electron chi connectivity index (χ2n) is 6.68. The SMILES string of the molecule is Cc1cc(C)nc(NC(C)CN2CC(C)CC(C)C2)n1. The van der Waals surface area contributed by atoms with Crippen LogP contribution in [0.4, 0.5) is 5.95 Å². The van der Waals surface area contributed by atoms with E-state index >= 15 is 0 Å². The molecule has 1 fully saturated rings. The minimum atomic E-state index is 0.369. The molecule has 1 aromatic rings. The van der Waals surface area contributed by atoms with Crippen LogP contribution in [0, 0.1) is 25.7 Å². The number of nitrogens with one attached hydrogen (secondary N) is 1. The molecule has 0 aromatic carbocycles. The predicted octanol–water partition coefficient (Wildman–Crippen LogP) is 2.87. The average molecular weight is 276 g/mol. The average Bonchev–Trinajstić information content (AvgIpc) is 2.24. The van der Waals surface area contributed by atoms with Gasteiger partial charge in [-0.15, -0.1) is 0 Å². The van der Waals surface area contributed by atoms with E-state index in [1.165, 1.54) is 19.5 Å². The number of rotatable bonds is 4. The molecule has 1 saturated heterocycles. The lowest BCUT2D eigenvalue weighted by molar-refractivity contribution is 0.138. The largest absolute Gasteiger partial charge is 0.350 e. The van der Waals surface area contributed by atoms with Crippen molar-refractivity contribution in [1.29, 1.82) is 0 Å². The van der Waals surface area contributed by atoms with Crippen molar-refractivity contribution < 1.29 is 0 Å². The van der Waals surface area contributed by atoms with Crippen LogP contribution in [0.3, 0.4) is 0 Å². The van der Waals surface area contributed by atoms with Gasteiger partial charge in [0.15, 0.2) is 0 Å². The molecule has 3 unspecified atom stereocenters. The molecule has 20 heavy (non-hydrogen) atoms. The summed E-state index contributed by atoms with van der Waals surface area (Å²) in [5.74, 6) is 2.37. The molecule has 0 bridgehead atoms. The number of aromatic nitrogens is 2. The van der Waals surface area contributed by atoms with Crippen LogP contribution in [0.25, 0.3) is 0 Å². The summed E-state index contributed by atoms with van der Waals surface area (Å²) in [4.78, 5) is 11.5. The first-order chi connectivity index (χ1) is 9.42. The van der Waals surface area contributed by atoms with E-state index in [2.05, 4.69) is 41.0 Å². The number of aryl methyl sites for hydroxylation is 2. The molecule has 0 amide bonds. The molecule has 1 aromatic heterocycles. The summed E-state index contributed by atoms with van der Waals surface area (Å²) in [5.41, 5.74) is 2.04. The molecule has 2 heterocycles. The first-order valence-electron chi connectivity index (χ1n) is 7.73. The van der Waals surface area contributed by atoms with E-state index in [0.29, 0.717) is 6.04 Å². The zero-order chi connectivity index (χ0) is 14.7. The van der Waals surface area contributed by atoms with E-state index in [1.807, 2.05) is 19.9 Å². The van der Waals surface area contributed by atoms with Crippen LogP contribution < -0.4 is 5.32 Å². The Balaban J connectivity index is 1.90. The fourth-order valence-electron chi connectivity index (χ4n) is 3.38. The first-order valence-corrected chi connectivity index (χ1v) is 7.73. The van der Waals surface area contributed by atoms with E-state index in [0.717, 1.165) is 35.7 Å². The fourth-order valence-corrected chi connectivity index (χ4v) is 3.38. The van der Waals surface area contributed by atoms with Gasteiger partial charge < -0.3 is 10.2 Å². The van der Waals surface area contributed by atoms with Crippen molar-refractivity contribution in [2.45, 2.75) is 47.1 Å². The van der Waals surface area contributed by atoms with Gasteiger partial charge in [0, 0.05) is 37.1 Å². The van der Waals surface area contributed by atoms with E-state index in [4.69, 9.17) is 0 Å². The maximum Gasteiger partial charge on any atom is 0.223 e. The number of anilines is 1. The molecule has 2 rings (SSSR count). The number of piperidine rings is 1. The van der Waals surface area contributed by atoms with Gasteiger partial charge in [-0.25, -0.2) is 9.97 Å². The van der Waals surface area contributed by atoms with E-state index in [1.54, 1.807) is 0 Å². The van der Waals surface area contributed by atoms with E-state index in [9.17, 15) is 0 Å². The first kappa shape index (κ1) is 15.2. The highest BCUT2D eigenvalue weighted by atomic mass is 15.2. The Morgan fingerprint density at radius 3 is 2.30 bits per heavy atom. The van der Waals surface area contributed by atoms with Gasteiger partial charge in [0.1, 0.15) is 0 Å². The molecule has 0 spiro atoms. The normalized spacial score (nSPS) is 25.4. The Morgan fingerprint density at radius 2 is 1.75 bits per heavy atom. The maximum absolute atomic E-state index is 4.46. The highest BCUT2D eigenvalue weighted by molar-refractivity contribution is 5.28. The molecule has 0 saturated carbocycles. The molecule has 3 atom stereocenters. The van der Waals surface area contributed by atoms with Crippen LogP contribution in [0.15, 0.2) is 6.07 Å². The molecule has 1 aliphatic rings. The number of nitrogens with zero attached hydrogens (tertiary/aromatic N) is 3. The maximum atomic E-state index is 4.46. The van der Waals surface area contributed by atoms with Crippen molar-refractivity contribution in [2.24, 2.45) is 11.8 Å². The molecule has 1 N–H and O–H groups in total. The summed E-state index contributed by atoms with van der Waals surface area (Å²) in [6.45, 7) is 14.4. The van der Waals surface area contributed by atoms with Gasteiger partial charge in [0.2, 0.25) is 5.95 Å². The summed E-state index contributed by atoms with van der Waals surface area (Å²) in [5, 5.41) is 3.44. The van der Waals surface area contributed by atoms with Crippen LogP contribution in [-0.2, 0) is 0 Å². The van der Waals surface area contributed by atoms with Crippen LogP contribution >= 0.6 is 0 Å². The molecule has 0 radical (unpaired) electrons. The van der Waals surface area contributed by atoms with Gasteiger partial charge in [-0.05, 0) is 45.1 Å². The second kappa shape index (κ2) is 6.53. The molecule has 112 valence electrons. The molecule has 4 nitrogen and oxygen atoms in total. The van der Waals surface area contributed by atoms with Crippen LogP contribution in [0.1, 0.15) is 38.6 Å². The molecule has 4 heteroatoms. The summed E-state index contributed by atoms with van der Waals surface area (Å²) in [6, 6.07) is 2.37. The quantitative estimate of drug-likeness (QED) is 0.918. The Bertz CT molecular complexity index is 416. The summed E-state index contributed by atoms with van der Waals surface area (Å²) < 4.78 is 0. The Labute approximate surface area is 123 Å². The van der Waals surface area contributed by atoms with Crippen molar-refractivity contribution in [3.05, 3.63) is 17.5 Å². The number of likely N-dealkylation sites (tertiary alicyclic amines) is 1. The van der Waals surface area contributed by atoms with Crippen molar-refractivity contribution in [3.63, 3.8) is 0 Å². The van der Waals surface area contributed by atoms with Crippen LogP contribution in [0.5, 0.6) is 0 Å². The number of hydrogen-bond acceptors (Lipinski definition) is 4. The topological polar surface area (TPSA) is 41.1 Å². The van der Waals surface area contributed by atoms with Crippen LogP contribution in [-0.4, -0.2) is 40.5 Å². The zero-order valence-electron chi connectivity index (χ0n) is 13.5. The monoisotopic (exact) mass is 276 g/mol. The molecular weight excluding hydrogens is 248 g/mol. The predicted molar refractivity (Wildman–Crippen MR) is 84.0 cm³/mol. The Morgan fingerprint density at radius 1 is 1.20 bits per heavy atom. The zero-order valence-corrected chi connectivity index (χ0v) is 13.5. The van der Waals surface area contributed by atoms with Gasteiger partial charge in [-0.1, -0.05) is 13.8 Å².